The van der Waals surface area contributed by atoms with Crippen LogP contribution in [0.4, 0.5) is 13.2 Å². The van der Waals surface area contributed by atoms with Crippen LogP contribution < -0.4 is 5.32 Å². The number of nitrogens with one attached hydrogen (secondary N) is 1. The number of halogens is 4. The Morgan fingerprint density at radius 3 is 2.56 bits per heavy atom. The molecule has 4 rings (SSSR count). The molecule has 0 radical (unpaired) electrons. The van der Waals surface area contributed by atoms with Crippen molar-refractivity contribution in [3.8, 4) is 0 Å². The number of amides is 1. The van der Waals surface area contributed by atoms with Crippen molar-refractivity contribution >= 4 is 18.3 Å². The summed E-state index contributed by atoms with van der Waals surface area (Å²) in [5, 5.41) is 3.33. The lowest BCUT2D eigenvalue weighted by molar-refractivity contribution is -0.142. The Kier molecular flexibility index (Phi) is 5.78. The molecule has 2 saturated heterocycles. The molecule has 150 valence electrons. The standard InChI is InChI=1S/C20H25F3N2O.ClH/c21-20(22,23)15-6-2-1-5-14(15)17-7-3-4-12-25(17)18(26)16-13-19(16)8-10-24-11-9-19;/h1-2,5-6,16-17,24H,3-4,7-13H2;1H. The Bertz CT molecular complexity index is 688. The molecule has 1 amide bonds. The van der Waals surface area contributed by atoms with Gasteiger partial charge in [0.2, 0.25) is 5.91 Å². The van der Waals surface area contributed by atoms with E-state index in [2.05, 4.69) is 5.32 Å². The van der Waals surface area contributed by atoms with Gasteiger partial charge < -0.3 is 10.2 Å². The highest BCUT2D eigenvalue weighted by Crippen LogP contribution is 2.60. The molecule has 27 heavy (non-hydrogen) atoms. The first-order valence-corrected chi connectivity index (χ1v) is 9.60. The zero-order chi connectivity index (χ0) is 18.4. The van der Waals surface area contributed by atoms with Gasteiger partial charge >= 0.3 is 6.18 Å². The molecule has 0 bridgehead atoms. The number of piperidine rings is 2. The van der Waals surface area contributed by atoms with Gasteiger partial charge in [0.25, 0.3) is 0 Å². The molecular weight excluding hydrogens is 377 g/mol. The number of carbonyl (C=O) groups excluding carboxylic acids is 1. The van der Waals surface area contributed by atoms with Gasteiger partial charge in [0.05, 0.1) is 11.6 Å². The van der Waals surface area contributed by atoms with Crippen LogP contribution in [0.25, 0.3) is 0 Å². The van der Waals surface area contributed by atoms with E-state index in [0.717, 1.165) is 51.3 Å². The SMILES string of the molecule is Cl.O=C(C1CC12CCNCC2)N1CCCCC1c1ccccc1C(F)(F)F. The van der Waals surface area contributed by atoms with E-state index in [-0.39, 0.29) is 35.2 Å². The fourth-order valence-electron chi connectivity index (χ4n) is 4.94. The highest BCUT2D eigenvalue weighted by atomic mass is 35.5. The summed E-state index contributed by atoms with van der Waals surface area (Å²) in [4.78, 5) is 15.0. The topological polar surface area (TPSA) is 32.3 Å². The first kappa shape index (κ1) is 20.5. The van der Waals surface area contributed by atoms with Crippen LogP contribution in [0.1, 0.15) is 55.7 Å². The van der Waals surface area contributed by atoms with Crippen LogP contribution in [0.15, 0.2) is 24.3 Å². The smallest absolute Gasteiger partial charge is 0.335 e. The van der Waals surface area contributed by atoms with Crippen molar-refractivity contribution in [2.24, 2.45) is 11.3 Å². The summed E-state index contributed by atoms with van der Waals surface area (Å²) >= 11 is 0. The van der Waals surface area contributed by atoms with Gasteiger partial charge in [-0.3, -0.25) is 4.79 Å². The van der Waals surface area contributed by atoms with E-state index in [9.17, 15) is 18.0 Å². The van der Waals surface area contributed by atoms with E-state index < -0.39 is 17.8 Å². The monoisotopic (exact) mass is 402 g/mol. The van der Waals surface area contributed by atoms with Crippen LogP contribution in [0.2, 0.25) is 0 Å². The average molecular weight is 403 g/mol. The summed E-state index contributed by atoms with van der Waals surface area (Å²) < 4.78 is 40.4. The Balaban J connectivity index is 0.00000210. The van der Waals surface area contributed by atoms with Crippen LogP contribution in [-0.4, -0.2) is 30.4 Å². The van der Waals surface area contributed by atoms with Crippen molar-refractivity contribution in [1.82, 2.24) is 10.2 Å². The van der Waals surface area contributed by atoms with E-state index in [1.165, 1.54) is 6.07 Å². The summed E-state index contributed by atoms with van der Waals surface area (Å²) in [6, 6.07) is 5.30. The predicted molar refractivity (Wildman–Crippen MR) is 99.6 cm³/mol. The summed E-state index contributed by atoms with van der Waals surface area (Å²) in [6.45, 7) is 2.44. The molecule has 3 nitrogen and oxygen atoms in total. The lowest BCUT2D eigenvalue weighted by Crippen LogP contribution is -2.42. The second-order valence-corrected chi connectivity index (χ2v) is 8.00. The van der Waals surface area contributed by atoms with E-state index in [1.807, 2.05) is 0 Å². The quantitative estimate of drug-likeness (QED) is 0.785. The molecule has 3 fully saturated rings. The number of likely N-dealkylation sites (tertiary alicyclic amines) is 1. The average Bonchev–Trinajstić information content (AvgIpc) is 3.34. The number of rotatable bonds is 2. The largest absolute Gasteiger partial charge is 0.416 e. The maximum atomic E-state index is 13.5. The van der Waals surface area contributed by atoms with E-state index in [0.29, 0.717) is 13.0 Å². The minimum absolute atomic E-state index is 0. The molecule has 2 aliphatic heterocycles. The minimum Gasteiger partial charge on any atom is -0.335 e. The number of nitrogens with zero attached hydrogens (tertiary/aromatic N) is 1. The van der Waals surface area contributed by atoms with Crippen molar-refractivity contribution in [1.29, 1.82) is 0 Å². The zero-order valence-corrected chi connectivity index (χ0v) is 16.0. The van der Waals surface area contributed by atoms with Gasteiger partial charge in [0.15, 0.2) is 0 Å². The molecule has 2 atom stereocenters. The Hall–Kier alpha value is -1.27. The van der Waals surface area contributed by atoms with Crippen LogP contribution in [-0.2, 0) is 11.0 Å². The fourth-order valence-corrected chi connectivity index (χ4v) is 4.94. The number of carbonyl (C=O) groups is 1. The van der Waals surface area contributed by atoms with Gasteiger partial charge in [-0.15, -0.1) is 12.4 Å². The number of hydrogen-bond donors (Lipinski definition) is 1. The van der Waals surface area contributed by atoms with E-state index in [4.69, 9.17) is 0 Å². The van der Waals surface area contributed by atoms with Gasteiger partial charge in [0, 0.05) is 12.5 Å². The van der Waals surface area contributed by atoms with Crippen LogP contribution in [0.3, 0.4) is 0 Å². The molecule has 2 unspecified atom stereocenters. The summed E-state index contributed by atoms with van der Waals surface area (Å²) in [6.07, 6.45) is 0.858. The molecule has 1 saturated carbocycles. The van der Waals surface area contributed by atoms with Crippen molar-refractivity contribution in [2.75, 3.05) is 19.6 Å². The summed E-state index contributed by atoms with van der Waals surface area (Å²) in [5.41, 5.74) is -0.237. The number of alkyl halides is 3. The normalized spacial score (nSPS) is 27.1. The third-order valence-electron chi connectivity index (χ3n) is 6.50. The lowest BCUT2D eigenvalue weighted by Gasteiger charge is -2.38. The van der Waals surface area contributed by atoms with Gasteiger partial charge in [-0.05, 0) is 68.7 Å². The number of hydrogen-bond acceptors (Lipinski definition) is 2. The molecule has 2 heterocycles. The third-order valence-corrected chi connectivity index (χ3v) is 6.50. The Morgan fingerprint density at radius 2 is 1.85 bits per heavy atom. The lowest BCUT2D eigenvalue weighted by atomic mass is 9.89. The first-order chi connectivity index (χ1) is 12.4. The van der Waals surface area contributed by atoms with Crippen LogP contribution >= 0.6 is 12.4 Å². The first-order valence-electron chi connectivity index (χ1n) is 9.60. The Morgan fingerprint density at radius 1 is 1.15 bits per heavy atom. The molecule has 1 spiro atoms. The molecule has 0 aromatic heterocycles. The highest BCUT2D eigenvalue weighted by Gasteiger charge is 2.59. The summed E-state index contributed by atoms with van der Waals surface area (Å²) in [7, 11) is 0. The van der Waals surface area contributed by atoms with Crippen LogP contribution in [0.5, 0.6) is 0 Å². The Labute approximate surface area is 164 Å². The van der Waals surface area contributed by atoms with E-state index in [1.54, 1.807) is 17.0 Å². The molecule has 3 aliphatic rings. The van der Waals surface area contributed by atoms with Crippen molar-refractivity contribution in [2.45, 2.75) is 50.7 Å². The van der Waals surface area contributed by atoms with Crippen LogP contribution in [0, 0.1) is 11.3 Å². The highest BCUT2D eigenvalue weighted by molar-refractivity contribution is 5.85. The minimum atomic E-state index is -4.39. The van der Waals surface area contributed by atoms with Crippen molar-refractivity contribution in [3.63, 3.8) is 0 Å². The molecule has 1 aromatic rings. The van der Waals surface area contributed by atoms with Crippen molar-refractivity contribution < 1.29 is 18.0 Å². The van der Waals surface area contributed by atoms with Gasteiger partial charge in [-0.2, -0.15) is 13.2 Å². The van der Waals surface area contributed by atoms with Crippen molar-refractivity contribution in [3.05, 3.63) is 35.4 Å². The molecule has 1 aromatic carbocycles. The van der Waals surface area contributed by atoms with Gasteiger partial charge in [0.1, 0.15) is 0 Å². The maximum Gasteiger partial charge on any atom is 0.416 e. The summed E-state index contributed by atoms with van der Waals surface area (Å²) in [5.74, 6) is 0.0804. The fraction of sp³-hybridized carbons (Fsp3) is 0.650. The third kappa shape index (κ3) is 3.83. The van der Waals surface area contributed by atoms with E-state index >= 15 is 0 Å². The second kappa shape index (κ2) is 7.63. The molecular formula is C20H26ClF3N2O. The zero-order valence-electron chi connectivity index (χ0n) is 15.2. The molecule has 1 N–H and O–H groups in total. The molecule has 1 aliphatic carbocycles. The molecule has 7 heteroatoms. The van der Waals surface area contributed by atoms with Gasteiger partial charge in [-0.25, -0.2) is 0 Å². The number of benzene rings is 1. The predicted octanol–water partition coefficient (Wildman–Crippen LogP) is 4.57. The van der Waals surface area contributed by atoms with Gasteiger partial charge in [-0.1, -0.05) is 18.2 Å². The maximum absolute atomic E-state index is 13.5. The second-order valence-electron chi connectivity index (χ2n) is 8.00.